The number of amides is 1. The number of halogens is 1. The lowest BCUT2D eigenvalue weighted by molar-refractivity contribution is -0.121. The van der Waals surface area contributed by atoms with Gasteiger partial charge < -0.3 is 10.1 Å². The predicted octanol–water partition coefficient (Wildman–Crippen LogP) is 3.17. The molecule has 8 heteroatoms. The van der Waals surface area contributed by atoms with E-state index in [0.717, 1.165) is 21.9 Å². The van der Waals surface area contributed by atoms with Crippen LogP contribution in [0.5, 0.6) is 5.75 Å². The van der Waals surface area contributed by atoms with Crippen LogP contribution < -0.4 is 14.4 Å². The summed E-state index contributed by atoms with van der Waals surface area (Å²) in [5.74, 6) is 0.389. The van der Waals surface area contributed by atoms with Crippen molar-refractivity contribution in [2.75, 3.05) is 24.2 Å². The molecular weight excluding hydrogens is 400 g/mol. The number of anilines is 1. The summed E-state index contributed by atoms with van der Waals surface area (Å²) in [7, 11) is -2.08. The van der Waals surface area contributed by atoms with Gasteiger partial charge in [-0.1, -0.05) is 29.8 Å². The molecule has 0 unspecified atom stereocenters. The average Bonchev–Trinajstić information content (AvgIpc) is 2.64. The number of hydrogen-bond donors (Lipinski definition) is 1. The smallest absolute Gasteiger partial charge is 0.243 e. The van der Waals surface area contributed by atoms with Crippen molar-refractivity contribution in [3.8, 4) is 5.75 Å². The number of hydrogen-bond acceptors (Lipinski definition) is 4. The Hall–Kier alpha value is -2.25. The molecule has 0 aliphatic heterocycles. The van der Waals surface area contributed by atoms with Gasteiger partial charge in [0.05, 0.1) is 19.1 Å². The van der Waals surface area contributed by atoms with E-state index in [9.17, 15) is 13.2 Å². The maximum atomic E-state index is 12.6. The highest BCUT2D eigenvalue weighted by Crippen LogP contribution is 2.28. The number of carbonyl (C=O) groups is 1. The van der Waals surface area contributed by atoms with E-state index in [2.05, 4.69) is 5.32 Å². The molecule has 0 fully saturated rings. The summed E-state index contributed by atoms with van der Waals surface area (Å²) in [5, 5.41) is 3.21. The molecular formula is C20H25ClN2O4S. The highest BCUT2D eigenvalue weighted by Gasteiger charge is 2.30. The lowest BCUT2D eigenvalue weighted by Crippen LogP contribution is -2.48. The minimum absolute atomic E-state index is 0.377. The zero-order valence-electron chi connectivity index (χ0n) is 16.4. The topological polar surface area (TPSA) is 75.7 Å². The molecule has 152 valence electrons. The van der Waals surface area contributed by atoms with E-state index in [1.807, 2.05) is 24.3 Å². The second-order valence-corrected chi connectivity index (χ2v) is 8.85. The summed E-state index contributed by atoms with van der Waals surface area (Å²) in [4.78, 5) is 12.6. The Labute approximate surface area is 171 Å². The molecule has 28 heavy (non-hydrogen) atoms. The van der Waals surface area contributed by atoms with Crippen LogP contribution in [0.4, 0.5) is 5.69 Å². The predicted molar refractivity (Wildman–Crippen MR) is 113 cm³/mol. The minimum atomic E-state index is -3.69. The highest BCUT2D eigenvalue weighted by atomic mass is 35.5. The van der Waals surface area contributed by atoms with Gasteiger partial charge in [0.15, 0.2) is 0 Å². The number of aryl methyl sites for hydroxylation is 1. The Bertz CT molecular complexity index is 930. The van der Waals surface area contributed by atoms with Crippen LogP contribution in [-0.4, -0.2) is 40.3 Å². The Morgan fingerprint density at radius 2 is 1.86 bits per heavy atom. The van der Waals surface area contributed by atoms with Gasteiger partial charge in [-0.05, 0) is 55.7 Å². The molecule has 0 aliphatic rings. The van der Waals surface area contributed by atoms with E-state index in [-0.39, 0.29) is 5.91 Å². The third-order valence-corrected chi connectivity index (χ3v) is 5.83. The van der Waals surface area contributed by atoms with Gasteiger partial charge in [0.25, 0.3) is 0 Å². The van der Waals surface area contributed by atoms with Crippen LogP contribution in [0.15, 0.2) is 42.5 Å². The molecule has 0 aliphatic carbocycles. The maximum Gasteiger partial charge on any atom is 0.243 e. The molecule has 0 saturated heterocycles. The second-order valence-electron chi connectivity index (χ2n) is 6.55. The summed E-state index contributed by atoms with van der Waals surface area (Å²) in [6, 6.07) is 11.6. The Balaban J connectivity index is 2.10. The lowest BCUT2D eigenvalue weighted by Gasteiger charge is -2.29. The lowest BCUT2D eigenvalue weighted by atomic mass is 10.1. The fraction of sp³-hybridized carbons (Fsp3) is 0.350. The molecule has 1 atom stereocenters. The molecule has 0 heterocycles. The number of nitrogens with zero attached hydrogens (tertiary/aromatic N) is 1. The first-order valence-corrected chi connectivity index (χ1v) is 11.0. The van der Waals surface area contributed by atoms with Crippen LogP contribution in [0.2, 0.25) is 5.02 Å². The summed E-state index contributed by atoms with van der Waals surface area (Å²) in [6.07, 6.45) is 1.70. The molecule has 0 spiro atoms. The molecule has 0 aromatic heterocycles. The number of benzene rings is 2. The van der Waals surface area contributed by atoms with Crippen LogP contribution in [0.3, 0.4) is 0 Å². The Morgan fingerprint density at radius 1 is 1.21 bits per heavy atom. The quantitative estimate of drug-likeness (QED) is 0.706. The first-order chi connectivity index (χ1) is 13.1. The van der Waals surface area contributed by atoms with Crippen molar-refractivity contribution in [1.29, 1.82) is 0 Å². The van der Waals surface area contributed by atoms with Crippen LogP contribution in [0.1, 0.15) is 18.1 Å². The van der Waals surface area contributed by atoms with Gasteiger partial charge in [-0.25, -0.2) is 8.42 Å². The minimum Gasteiger partial charge on any atom is -0.497 e. The van der Waals surface area contributed by atoms with Gasteiger partial charge in [-0.3, -0.25) is 9.10 Å². The zero-order valence-corrected chi connectivity index (χ0v) is 18.0. The summed E-state index contributed by atoms with van der Waals surface area (Å²) in [6.45, 7) is 3.73. The second kappa shape index (κ2) is 9.30. The Morgan fingerprint density at radius 3 is 2.43 bits per heavy atom. The van der Waals surface area contributed by atoms with Gasteiger partial charge >= 0.3 is 0 Å². The molecule has 0 radical (unpaired) electrons. The average molecular weight is 425 g/mol. The van der Waals surface area contributed by atoms with Crippen molar-refractivity contribution in [3.63, 3.8) is 0 Å². The molecule has 1 N–H and O–H groups in total. The van der Waals surface area contributed by atoms with Crippen LogP contribution in [0.25, 0.3) is 0 Å². The van der Waals surface area contributed by atoms with Crippen molar-refractivity contribution in [1.82, 2.24) is 5.32 Å². The molecule has 0 saturated carbocycles. The fourth-order valence-electron chi connectivity index (χ4n) is 2.87. The third kappa shape index (κ3) is 5.62. The van der Waals surface area contributed by atoms with E-state index in [0.29, 0.717) is 29.2 Å². The van der Waals surface area contributed by atoms with Crippen molar-refractivity contribution in [2.45, 2.75) is 26.3 Å². The van der Waals surface area contributed by atoms with Crippen molar-refractivity contribution in [3.05, 3.63) is 58.6 Å². The molecule has 6 nitrogen and oxygen atoms in total. The molecule has 2 aromatic rings. The van der Waals surface area contributed by atoms with E-state index in [1.54, 1.807) is 39.2 Å². The monoisotopic (exact) mass is 424 g/mol. The zero-order chi connectivity index (χ0) is 20.9. The van der Waals surface area contributed by atoms with E-state index in [4.69, 9.17) is 16.3 Å². The number of carbonyl (C=O) groups excluding carboxylic acids is 1. The van der Waals surface area contributed by atoms with E-state index in [1.165, 1.54) is 0 Å². The SMILES string of the molecule is COc1ccc(CCNC(=O)[C@@H](C)N(c2cc(Cl)ccc2C)S(C)(=O)=O)cc1. The van der Waals surface area contributed by atoms with Gasteiger partial charge in [0.1, 0.15) is 11.8 Å². The Kier molecular flexibility index (Phi) is 7.32. The largest absolute Gasteiger partial charge is 0.497 e. The summed E-state index contributed by atoms with van der Waals surface area (Å²) in [5.41, 5.74) is 2.15. The third-order valence-electron chi connectivity index (χ3n) is 4.37. The maximum absolute atomic E-state index is 12.6. The molecule has 1 amide bonds. The van der Waals surface area contributed by atoms with Crippen molar-refractivity contribution in [2.24, 2.45) is 0 Å². The van der Waals surface area contributed by atoms with Gasteiger partial charge in [0, 0.05) is 11.6 Å². The molecule has 0 bridgehead atoms. The fourth-order valence-corrected chi connectivity index (χ4v) is 4.26. The molecule has 2 rings (SSSR count). The highest BCUT2D eigenvalue weighted by molar-refractivity contribution is 7.92. The molecule has 2 aromatic carbocycles. The van der Waals surface area contributed by atoms with Gasteiger partial charge in [-0.15, -0.1) is 0 Å². The number of sulfonamides is 1. The number of rotatable bonds is 8. The first kappa shape index (κ1) is 22.0. The summed E-state index contributed by atoms with van der Waals surface area (Å²) >= 11 is 6.04. The van der Waals surface area contributed by atoms with Crippen molar-refractivity contribution >= 4 is 33.2 Å². The van der Waals surface area contributed by atoms with E-state index < -0.39 is 16.1 Å². The van der Waals surface area contributed by atoms with E-state index >= 15 is 0 Å². The van der Waals surface area contributed by atoms with Gasteiger partial charge in [0.2, 0.25) is 15.9 Å². The first-order valence-electron chi connectivity index (χ1n) is 8.79. The van der Waals surface area contributed by atoms with Crippen LogP contribution in [0, 0.1) is 6.92 Å². The number of ether oxygens (including phenoxy) is 1. The van der Waals surface area contributed by atoms with Gasteiger partial charge in [-0.2, -0.15) is 0 Å². The number of nitrogens with one attached hydrogen (secondary N) is 1. The normalized spacial score (nSPS) is 12.3. The summed E-state index contributed by atoms with van der Waals surface area (Å²) < 4.78 is 31.0. The van der Waals surface area contributed by atoms with Crippen LogP contribution in [-0.2, 0) is 21.2 Å². The number of methoxy groups -OCH3 is 1. The van der Waals surface area contributed by atoms with Crippen LogP contribution >= 0.6 is 11.6 Å². The van der Waals surface area contributed by atoms with Crippen molar-refractivity contribution < 1.29 is 17.9 Å². The standard InChI is InChI=1S/C20H25ClN2O4S/c1-14-5-8-17(21)13-19(14)23(28(4,25)26)15(2)20(24)22-12-11-16-6-9-18(27-3)10-7-16/h5-10,13,15H,11-12H2,1-4H3,(H,22,24)/t15-/m1/s1.